The molecule has 1 amide bonds. The van der Waals surface area contributed by atoms with E-state index in [1.54, 1.807) is 13.0 Å². The average Bonchev–Trinajstić information content (AvgIpc) is 2.29. The van der Waals surface area contributed by atoms with Crippen molar-refractivity contribution in [3.05, 3.63) is 29.3 Å². The number of halogens is 2. The molecule has 0 atom stereocenters. The standard InChI is InChI=1S/C11H14F2N2O2/c1-7-2-3-9(16)8(4-7)10(17)15-6-11(12,13)5-14/h2-4,16H,5-6,14H2,1H3,(H,15,17). The summed E-state index contributed by atoms with van der Waals surface area (Å²) in [6.45, 7) is 0.0352. The second kappa shape index (κ2) is 5.09. The van der Waals surface area contributed by atoms with Gasteiger partial charge >= 0.3 is 0 Å². The Morgan fingerprint density at radius 3 is 2.76 bits per heavy atom. The van der Waals surface area contributed by atoms with E-state index < -0.39 is 24.9 Å². The van der Waals surface area contributed by atoms with Gasteiger partial charge in [-0.25, -0.2) is 8.78 Å². The number of carbonyl (C=O) groups excluding carboxylic acids is 1. The van der Waals surface area contributed by atoms with E-state index in [0.29, 0.717) is 0 Å². The van der Waals surface area contributed by atoms with Crippen LogP contribution < -0.4 is 11.1 Å². The summed E-state index contributed by atoms with van der Waals surface area (Å²) in [5.41, 5.74) is 5.55. The van der Waals surface area contributed by atoms with E-state index in [-0.39, 0.29) is 11.3 Å². The lowest BCUT2D eigenvalue weighted by atomic mass is 10.1. The number of aromatic hydroxyl groups is 1. The molecule has 0 aliphatic heterocycles. The zero-order valence-electron chi connectivity index (χ0n) is 9.34. The summed E-state index contributed by atoms with van der Waals surface area (Å²) >= 11 is 0. The molecule has 0 spiro atoms. The van der Waals surface area contributed by atoms with Gasteiger partial charge in [-0.2, -0.15) is 0 Å². The molecule has 1 rings (SSSR count). The van der Waals surface area contributed by atoms with Crippen LogP contribution in [-0.4, -0.2) is 30.0 Å². The van der Waals surface area contributed by atoms with Gasteiger partial charge in [0.25, 0.3) is 11.8 Å². The van der Waals surface area contributed by atoms with Gasteiger partial charge in [0.2, 0.25) is 0 Å². The van der Waals surface area contributed by atoms with E-state index in [9.17, 15) is 18.7 Å². The second-order valence-electron chi connectivity index (χ2n) is 3.76. The summed E-state index contributed by atoms with van der Waals surface area (Å²) < 4.78 is 25.6. The molecular weight excluding hydrogens is 230 g/mol. The monoisotopic (exact) mass is 244 g/mol. The summed E-state index contributed by atoms with van der Waals surface area (Å²) in [4.78, 5) is 11.5. The van der Waals surface area contributed by atoms with Crippen LogP contribution >= 0.6 is 0 Å². The first-order valence-corrected chi connectivity index (χ1v) is 5.01. The van der Waals surface area contributed by atoms with E-state index in [2.05, 4.69) is 0 Å². The maximum atomic E-state index is 12.8. The molecule has 0 aromatic heterocycles. The molecule has 0 saturated carbocycles. The molecule has 94 valence electrons. The number of amides is 1. The number of phenolic OH excluding ortho intramolecular Hbond substituents is 1. The van der Waals surface area contributed by atoms with E-state index in [1.807, 2.05) is 5.32 Å². The van der Waals surface area contributed by atoms with Crippen molar-refractivity contribution in [1.29, 1.82) is 0 Å². The number of alkyl halides is 2. The van der Waals surface area contributed by atoms with Gasteiger partial charge in [0.05, 0.1) is 18.7 Å². The number of nitrogens with one attached hydrogen (secondary N) is 1. The first kappa shape index (κ1) is 13.4. The van der Waals surface area contributed by atoms with Crippen molar-refractivity contribution >= 4 is 5.91 Å². The van der Waals surface area contributed by atoms with Crippen molar-refractivity contribution in [3.63, 3.8) is 0 Å². The Labute approximate surface area is 97.4 Å². The smallest absolute Gasteiger partial charge is 0.277 e. The van der Waals surface area contributed by atoms with Crippen LogP contribution in [0.15, 0.2) is 18.2 Å². The zero-order valence-corrected chi connectivity index (χ0v) is 9.34. The van der Waals surface area contributed by atoms with Gasteiger partial charge in [0, 0.05) is 0 Å². The number of hydrogen-bond donors (Lipinski definition) is 3. The molecule has 17 heavy (non-hydrogen) atoms. The Morgan fingerprint density at radius 1 is 1.53 bits per heavy atom. The highest BCUT2D eigenvalue weighted by Gasteiger charge is 2.27. The number of benzene rings is 1. The maximum Gasteiger partial charge on any atom is 0.277 e. The first-order chi connectivity index (χ1) is 7.85. The Balaban J connectivity index is 2.74. The fourth-order valence-electron chi connectivity index (χ4n) is 1.21. The van der Waals surface area contributed by atoms with Gasteiger partial charge in [0.15, 0.2) is 0 Å². The van der Waals surface area contributed by atoms with Crippen LogP contribution in [0.25, 0.3) is 0 Å². The van der Waals surface area contributed by atoms with Crippen molar-refractivity contribution < 1.29 is 18.7 Å². The SMILES string of the molecule is Cc1ccc(O)c(C(=O)NCC(F)(F)CN)c1. The molecule has 0 radical (unpaired) electrons. The highest BCUT2D eigenvalue weighted by Crippen LogP contribution is 2.18. The summed E-state index contributed by atoms with van der Waals surface area (Å²) in [7, 11) is 0. The average molecular weight is 244 g/mol. The topological polar surface area (TPSA) is 75.3 Å². The number of hydrogen-bond acceptors (Lipinski definition) is 3. The zero-order chi connectivity index (χ0) is 13.1. The minimum atomic E-state index is -3.14. The number of rotatable bonds is 4. The fourth-order valence-corrected chi connectivity index (χ4v) is 1.21. The molecule has 0 aliphatic carbocycles. The highest BCUT2D eigenvalue weighted by atomic mass is 19.3. The molecule has 0 saturated heterocycles. The maximum absolute atomic E-state index is 12.8. The minimum absolute atomic E-state index is 0.0298. The van der Waals surface area contributed by atoms with Crippen LogP contribution in [0, 0.1) is 6.92 Å². The normalized spacial score (nSPS) is 11.3. The Bertz CT molecular complexity index is 422. The van der Waals surface area contributed by atoms with Crippen LogP contribution in [0.3, 0.4) is 0 Å². The molecule has 6 heteroatoms. The van der Waals surface area contributed by atoms with Gasteiger partial charge in [-0.15, -0.1) is 0 Å². The lowest BCUT2D eigenvalue weighted by Crippen LogP contribution is -2.41. The number of aryl methyl sites for hydroxylation is 1. The quantitative estimate of drug-likeness (QED) is 0.740. The Hall–Kier alpha value is -1.69. The Kier molecular flexibility index (Phi) is 4.01. The van der Waals surface area contributed by atoms with Crippen LogP contribution in [-0.2, 0) is 0 Å². The molecule has 0 fully saturated rings. The number of nitrogens with two attached hydrogens (primary N) is 1. The van der Waals surface area contributed by atoms with Crippen LogP contribution in [0.5, 0.6) is 5.75 Å². The van der Waals surface area contributed by atoms with E-state index in [4.69, 9.17) is 5.73 Å². The molecule has 1 aromatic rings. The summed E-state index contributed by atoms with van der Waals surface area (Å²) in [6, 6.07) is 4.37. The minimum Gasteiger partial charge on any atom is -0.507 e. The van der Waals surface area contributed by atoms with Gasteiger partial charge in [-0.1, -0.05) is 11.6 Å². The molecule has 0 aliphatic rings. The van der Waals surface area contributed by atoms with E-state index >= 15 is 0 Å². The van der Waals surface area contributed by atoms with Gasteiger partial charge in [-0.3, -0.25) is 4.79 Å². The van der Waals surface area contributed by atoms with Crippen molar-refractivity contribution in [2.45, 2.75) is 12.8 Å². The highest BCUT2D eigenvalue weighted by molar-refractivity contribution is 5.97. The predicted molar refractivity (Wildman–Crippen MR) is 59.2 cm³/mol. The number of phenols is 1. The van der Waals surface area contributed by atoms with Crippen molar-refractivity contribution in [2.24, 2.45) is 5.73 Å². The van der Waals surface area contributed by atoms with Gasteiger partial charge in [0.1, 0.15) is 5.75 Å². The van der Waals surface area contributed by atoms with Crippen molar-refractivity contribution in [3.8, 4) is 5.75 Å². The van der Waals surface area contributed by atoms with E-state index in [1.165, 1.54) is 12.1 Å². The lowest BCUT2D eigenvalue weighted by Gasteiger charge is -2.15. The fraction of sp³-hybridized carbons (Fsp3) is 0.364. The molecule has 0 heterocycles. The third kappa shape index (κ3) is 3.67. The summed E-state index contributed by atoms with van der Waals surface area (Å²) in [5.74, 6) is -4.14. The first-order valence-electron chi connectivity index (χ1n) is 5.01. The number of carbonyl (C=O) groups is 1. The lowest BCUT2D eigenvalue weighted by molar-refractivity contribution is 0.0118. The summed E-state index contributed by atoms with van der Waals surface area (Å²) in [5, 5.41) is 11.4. The van der Waals surface area contributed by atoms with Crippen molar-refractivity contribution in [2.75, 3.05) is 13.1 Å². The molecule has 4 N–H and O–H groups in total. The second-order valence-corrected chi connectivity index (χ2v) is 3.76. The summed E-state index contributed by atoms with van der Waals surface area (Å²) in [6.07, 6.45) is 0. The molecule has 0 unspecified atom stereocenters. The molecular formula is C11H14F2N2O2. The van der Waals surface area contributed by atoms with Crippen LogP contribution in [0.2, 0.25) is 0 Å². The van der Waals surface area contributed by atoms with Gasteiger partial charge in [-0.05, 0) is 19.1 Å². The third-order valence-corrected chi connectivity index (χ3v) is 2.20. The molecule has 1 aromatic carbocycles. The van der Waals surface area contributed by atoms with Gasteiger partial charge < -0.3 is 16.2 Å². The van der Waals surface area contributed by atoms with Crippen LogP contribution in [0.4, 0.5) is 8.78 Å². The third-order valence-electron chi connectivity index (χ3n) is 2.20. The predicted octanol–water partition coefficient (Wildman–Crippen LogP) is 1.02. The Morgan fingerprint density at radius 2 is 2.18 bits per heavy atom. The van der Waals surface area contributed by atoms with Crippen LogP contribution in [0.1, 0.15) is 15.9 Å². The largest absolute Gasteiger partial charge is 0.507 e. The molecule has 4 nitrogen and oxygen atoms in total. The van der Waals surface area contributed by atoms with Crippen molar-refractivity contribution in [1.82, 2.24) is 5.32 Å². The molecule has 0 bridgehead atoms. The van der Waals surface area contributed by atoms with E-state index in [0.717, 1.165) is 5.56 Å².